The second kappa shape index (κ2) is 7.18. The van der Waals surface area contributed by atoms with Gasteiger partial charge in [-0.2, -0.15) is 0 Å². The van der Waals surface area contributed by atoms with Gasteiger partial charge in [0, 0.05) is 16.7 Å². The Morgan fingerprint density at radius 1 is 0.586 bits per heavy atom. The number of hydrogen-bond acceptors (Lipinski definition) is 5. The second-order valence-corrected chi connectivity index (χ2v) is 8.09. The summed E-state index contributed by atoms with van der Waals surface area (Å²) in [6, 6.07) is 24.7. The molecule has 2 aromatic heterocycles. The van der Waals surface area contributed by atoms with Crippen molar-refractivity contribution < 1.29 is 0 Å². The lowest BCUT2D eigenvalue weighted by atomic mass is 10.0. The zero-order valence-electron chi connectivity index (χ0n) is 16.1. The fourth-order valence-corrected chi connectivity index (χ4v) is 4.27. The Bertz CT molecular complexity index is 1310. The van der Waals surface area contributed by atoms with E-state index in [0.717, 1.165) is 32.8 Å². The predicted octanol–water partition coefficient (Wildman–Crippen LogP) is 6.10. The number of nitrogens with zero attached hydrogens (tertiary/aromatic N) is 4. The highest BCUT2D eigenvalue weighted by Crippen LogP contribution is 2.32. The molecule has 29 heavy (non-hydrogen) atoms. The molecule has 0 aliphatic carbocycles. The van der Waals surface area contributed by atoms with Crippen molar-refractivity contribution in [3.8, 4) is 33.9 Å². The number of para-hydroxylation sites is 1. The van der Waals surface area contributed by atoms with Crippen LogP contribution in [0.4, 0.5) is 0 Å². The van der Waals surface area contributed by atoms with Crippen molar-refractivity contribution in [1.82, 2.24) is 19.9 Å². The minimum atomic E-state index is 0.686. The fourth-order valence-electron chi connectivity index (χ4n) is 3.42. The molecule has 5 heteroatoms. The molecule has 0 radical (unpaired) electrons. The number of rotatable bonds is 3. The molecule has 2 heterocycles. The molecule has 0 saturated carbocycles. The third-order valence-electron chi connectivity index (χ3n) is 4.76. The summed E-state index contributed by atoms with van der Waals surface area (Å²) >= 11 is 1.72. The number of hydrogen-bond donors (Lipinski definition) is 0. The van der Waals surface area contributed by atoms with Gasteiger partial charge in [0.05, 0.1) is 15.2 Å². The first-order chi connectivity index (χ1) is 14.2. The van der Waals surface area contributed by atoms with Crippen LogP contribution in [-0.2, 0) is 0 Å². The Kier molecular flexibility index (Phi) is 4.37. The maximum atomic E-state index is 4.71. The zero-order chi connectivity index (χ0) is 19.8. The fraction of sp³-hybridized carbons (Fsp3) is 0.0833. The Morgan fingerprint density at radius 3 is 1.97 bits per heavy atom. The van der Waals surface area contributed by atoms with Gasteiger partial charge >= 0.3 is 0 Å². The van der Waals surface area contributed by atoms with Crippen LogP contribution in [-0.4, -0.2) is 19.9 Å². The number of benzene rings is 3. The molecule has 3 aromatic carbocycles. The molecule has 5 aromatic rings. The molecule has 4 nitrogen and oxygen atoms in total. The lowest BCUT2D eigenvalue weighted by molar-refractivity contribution is 0.992. The van der Waals surface area contributed by atoms with Crippen molar-refractivity contribution in [3.05, 3.63) is 83.6 Å². The van der Waals surface area contributed by atoms with Gasteiger partial charge in [-0.25, -0.2) is 19.9 Å². The van der Waals surface area contributed by atoms with Crippen LogP contribution in [0.5, 0.6) is 0 Å². The molecule has 0 N–H and O–H groups in total. The summed E-state index contributed by atoms with van der Waals surface area (Å²) in [6.07, 6.45) is 0. The van der Waals surface area contributed by atoms with E-state index in [1.54, 1.807) is 11.3 Å². The maximum Gasteiger partial charge on any atom is 0.163 e. The van der Waals surface area contributed by atoms with Gasteiger partial charge in [-0.3, -0.25) is 0 Å². The van der Waals surface area contributed by atoms with Gasteiger partial charge < -0.3 is 0 Å². The highest BCUT2D eigenvalue weighted by atomic mass is 32.1. The molecular weight excluding hydrogens is 376 g/mol. The molecular formula is C24H18N4S. The van der Waals surface area contributed by atoms with Crippen molar-refractivity contribution in [2.24, 2.45) is 0 Å². The van der Waals surface area contributed by atoms with E-state index in [0.29, 0.717) is 17.5 Å². The topological polar surface area (TPSA) is 51.6 Å². The summed E-state index contributed by atoms with van der Waals surface area (Å²) < 4.78 is 1.21. The number of aromatic nitrogens is 4. The molecule has 0 aliphatic rings. The third-order valence-corrected chi connectivity index (χ3v) is 5.70. The van der Waals surface area contributed by atoms with E-state index >= 15 is 0 Å². The van der Waals surface area contributed by atoms with Crippen molar-refractivity contribution in [3.63, 3.8) is 0 Å². The van der Waals surface area contributed by atoms with Gasteiger partial charge in [0.2, 0.25) is 0 Å². The monoisotopic (exact) mass is 394 g/mol. The molecule has 140 valence electrons. The average molecular weight is 395 g/mol. The molecule has 0 atom stereocenters. The normalized spacial score (nSPS) is 11.1. The highest BCUT2D eigenvalue weighted by Gasteiger charge is 2.11. The summed E-state index contributed by atoms with van der Waals surface area (Å²) in [5.41, 5.74) is 5.30. The van der Waals surface area contributed by atoms with E-state index in [-0.39, 0.29) is 0 Å². The minimum Gasteiger partial charge on any atom is -0.241 e. The summed E-state index contributed by atoms with van der Waals surface area (Å²) in [5.74, 6) is 2.09. The first-order valence-electron chi connectivity index (χ1n) is 9.42. The number of fused-ring (bicyclic) bond motifs is 1. The number of thiazole rings is 1. The Morgan fingerprint density at radius 2 is 1.24 bits per heavy atom. The lowest BCUT2D eigenvalue weighted by Crippen LogP contribution is -1.99. The first kappa shape index (κ1) is 17.6. The third kappa shape index (κ3) is 3.41. The standard InChI is InChI=1S/C24H18N4S/c1-15-25-23(18-7-4-3-5-8-18)28-24(26-15)19-13-11-17(12-14-19)20-9-6-10-21-22(20)27-16(2)29-21/h3-14H,1-2H3. The van der Waals surface area contributed by atoms with Gasteiger partial charge in [-0.1, -0.05) is 66.7 Å². The second-order valence-electron chi connectivity index (χ2n) is 6.86. The van der Waals surface area contributed by atoms with Crippen molar-refractivity contribution in [2.45, 2.75) is 13.8 Å². The predicted molar refractivity (Wildman–Crippen MR) is 119 cm³/mol. The van der Waals surface area contributed by atoms with Crippen LogP contribution in [0.2, 0.25) is 0 Å². The molecule has 0 spiro atoms. The van der Waals surface area contributed by atoms with Gasteiger partial charge in [-0.05, 0) is 25.5 Å². The van der Waals surface area contributed by atoms with Crippen LogP contribution in [0, 0.1) is 13.8 Å². The van der Waals surface area contributed by atoms with E-state index in [4.69, 9.17) is 9.97 Å². The van der Waals surface area contributed by atoms with E-state index in [1.807, 2.05) is 44.2 Å². The van der Waals surface area contributed by atoms with Crippen molar-refractivity contribution in [1.29, 1.82) is 0 Å². The Hall–Kier alpha value is -3.44. The summed E-state index contributed by atoms with van der Waals surface area (Å²) in [7, 11) is 0. The molecule has 0 aliphatic heterocycles. The minimum absolute atomic E-state index is 0.686. The van der Waals surface area contributed by atoms with Crippen molar-refractivity contribution >= 4 is 21.6 Å². The van der Waals surface area contributed by atoms with E-state index < -0.39 is 0 Å². The van der Waals surface area contributed by atoms with Crippen LogP contribution < -0.4 is 0 Å². The van der Waals surface area contributed by atoms with E-state index in [9.17, 15) is 0 Å². The van der Waals surface area contributed by atoms with Gasteiger partial charge in [0.15, 0.2) is 11.6 Å². The molecule has 0 bridgehead atoms. The molecule has 0 saturated heterocycles. The largest absolute Gasteiger partial charge is 0.241 e. The summed E-state index contributed by atoms with van der Waals surface area (Å²) in [4.78, 5) is 18.5. The molecule has 0 fully saturated rings. The van der Waals surface area contributed by atoms with E-state index in [1.165, 1.54) is 4.70 Å². The Balaban J connectivity index is 1.55. The zero-order valence-corrected chi connectivity index (χ0v) is 16.9. The maximum absolute atomic E-state index is 4.71. The van der Waals surface area contributed by atoms with Crippen LogP contribution in [0.25, 0.3) is 44.1 Å². The van der Waals surface area contributed by atoms with Gasteiger partial charge in [-0.15, -0.1) is 11.3 Å². The van der Waals surface area contributed by atoms with Crippen LogP contribution in [0.3, 0.4) is 0 Å². The van der Waals surface area contributed by atoms with Crippen LogP contribution >= 0.6 is 11.3 Å². The average Bonchev–Trinajstić information content (AvgIpc) is 3.14. The highest BCUT2D eigenvalue weighted by molar-refractivity contribution is 7.18. The first-order valence-corrected chi connectivity index (χ1v) is 10.2. The summed E-state index contributed by atoms with van der Waals surface area (Å²) in [6.45, 7) is 3.95. The molecule has 0 unspecified atom stereocenters. The van der Waals surface area contributed by atoms with Gasteiger partial charge in [0.25, 0.3) is 0 Å². The Labute approximate surface area is 173 Å². The molecule has 5 rings (SSSR count). The summed E-state index contributed by atoms with van der Waals surface area (Å²) in [5, 5.41) is 1.08. The quantitative estimate of drug-likeness (QED) is 0.371. The van der Waals surface area contributed by atoms with Gasteiger partial charge in [0.1, 0.15) is 5.82 Å². The smallest absolute Gasteiger partial charge is 0.163 e. The lowest BCUT2D eigenvalue weighted by Gasteiger charge is -2.07. The van der Waals surface area contributed by atoms with E-state index in [2.05, 4.69) is 52.4 Å². The number of aryl methyl sites for hydroxylation is 2. The van der Waals surface area contributed by atoms with Crippen molar-refractivity contribution in [2.75, 3.05) is 0 Å². The molecule has 0 amide bonds. The van der Waals surface area contributed by atoms with Crippen LogP contribution in [0.1, 0.15) is 10.8 Å². The SMILES string of the molecule is Cc1nc(-c2ccccc2)nc(-c2ccc(-c3cccc4sc(C)nc34)cc2)n1. The van der Waals surface area contributed by atoms with Crippen LogP contribution in [0.15, 0.2) is 72.8 Å².